The van der Waals surface area contributed by atoms with Gasteiger partial charge >= 0.3 is 0 Å². The van der Waals surface area contributed by atoms with E-state index in [4.69, 9.17) is 9.84 Å². The molecule has 3 heterocycles. The van der Waals surface area contributed by atoms with Crippen LogP contribution in [0.2, 0.25) is 0 Å². The highest BCUT2D eigenvalue weighted by Crippen LogP contribution is 2.31. The van der Waals surface area contributed by atoms with Gasteiger partial charge in [0.15, 0.2) is 6.23 Å². The number of aryl methyl sites for hydroxylation is 1. The van der Waals surface area contributed by atoms with Gasteiger partial charge in [-0.05, 0) is 13.0 Å². The number of hydrogen-bond donors (Lipinski definition) is 4. The first-order valence-corrected chi connectivity index (χ1v) is 6.23. The lowest BCUT2D eigenvalue weighted by Gasteiger charge is -2.17. The van der Waals surface area contributed by atoms with Crippen LogP contribution in [0, 0.1) is 6.92 Å². The number of nitrogens with zero attached hydrogens (tertiary/aromatic N) is 2. The Labute approximate surface area is 113 Å². The van der Waals surface area contributed by atoms with Gasteiger partial charge in [-0.1, -0.05) is 0 Å². The maximum atomic E-state index is 11.8. The molecule has 0 amide bonds. The third-order valence-electron chi connectivity index (χ3n) is 3.49. The maximum absolute atomic E-state index is 11.8. The van der Waals surface area contributed by atoms with E-state index in [1.54, 1.807) is 19.2 Å². The van der Waals surface area contributed by atoms with Crippen molar-refractivity contribution in [1.82, 2.24) is 14.5 Å². The van der Waals surface area contributed by atoms with Crippen molar-refractivity contribution in [2.24, 2.45) is 0 Å². The van der Waals surface area contributed by atoms with Crippen molar-refractivity contribution in [2.75, 3.05) is 6.61 Å². The molecule has 0 aromatic carbocycles. The van der Waals surface area contributed by atoms with Crippen LogP contribution in [0.4, 0.5) is 0 Å². The van der Waals surface area contributed by atoms with E-state index < -0.39 is 31.1 Å². The summed E-state index contributed by atoms with van der Waals surface area (Å²) in [6.45, 7) is 1.25. The highest BCUT2D eigenvalue weighted by Gasteiger charge is 2.43. The molecule has 0 bridgehead atoms. The second-order valence-electron chi connectivity index (χ2n) is 4.84. The first-order chi connectivity index (χ1) is 9.52. The number of ether oxygens (including phenoxy) is 1. The highest BCUT2D eigenvalue weighted by atomic mass is 16.6. The van der Waals surface area contributed by atoms with Gasteiger partial charge < -0.3 is 29.6 Å². The summed E-state index contributed by atoms with van der Waals surface area (Å²) in [6.07, 6.45) is -2.59. The molecule has 0 aliphatic carbocycles. The van der Waals surface area contributed by atoms with Crippen LogP contribution in [0.25, 0.3) is 11.0 Å². The Balaban J connectivity index is 2.09. The number of H-pyrrole nitrogens is 1. The van der Waals surface area contributed by atoms with Crippen LogP contribution < -0.4 is 5.56 Å². The molecule has 0 radical (unpaired) electrons. The minimum atomic E-state index is -1.20. The number of nitrogens with one attached hydrogen (secondary N) is 1. The predicted molar refractivity (Wildman–Crippen MR) is 68.1 cm³/mol. The molecular weight excluding hydrogens is 266 g/mol. The predicted octanol–water partition coefficient (Wildman–Crippen LogP) is -1.36. The van der Waals surface area contributed by atoms with Crippen LogP contribution in [0.3, 0.4) is 0 Å². The van der Waals surface area contributed by atoms with Gasteiger partial charge in [0.1, 0.15) is 29.8 Å². The summed E-state index contributed by atoms with van der Waals surface area (Å²) in [5.41, 5.74) is 0.0825. The quantitative estimate of drug-likeness (QED) is 0.540. The Kier molecular flexibility index (Phi) is 3.09. The summed E-state index contributed by atoms with van der Waals surface area (Å²) >= 11 is 0. The van der Waals surface area contributed by atoms with Crippen LogP contribution in [-0.2, 0) is 4.74 Å². The maximum Gasteiger partial charge on any atom is 0.260 e. The second-order valence-corrected chi connectivity index (χ2v) is 4.84. The Morgan fingerprint density at radius 3 is 2.85 bits per heavy atom. The smallest absolute Gasteiger partial charge is 0.260 e. The number of hydrogen-bond acceptors (Lipinski definition) is 6. The van der Waals surface area contributed by atoms with Crippen molar-refractivity contribution >= 4 is 11.0 Å². The SMILES string of the molecule is Cc1nc2c(ccn2[C@@H]2O[C@H](CO)C(O)[C@@H]2O)c(=O)[nH]1. The van der Waals surface area contributed by atoms with E-state index in [9.17, 15) is 15.0 Å². The molecular formula is C12H15N3O5. The lowest BCUT2D eigenvalue weighted by molar-refractivity contribution is -0.0508. The molecule has 2 aromatic rings. The van der Waals surface area contributed by atoms with Crippen molar-refractivity contribution in [3.63, 3.8) is 0 Å². The van der Waals surface area contributed by atoms with E-state index in [2.05, 4.69) is 9.97 Å². The van der Waals surface area contributed by atoms with Gasteiger partial charge in [-0.25, -0.2) is 4.98 Å². The van der Waals surface area contributed by atoms with Crippen molar-refractivity contribution in [3.05, 3.63) is 28.4 Å². The summed E-state index contributed by atoms with van der Waals surface area (Å²) in [4.78, 5) is 18.6. The van der Waals surface area contributed by atoms with Crippen LogP contribution in [-0.4, -0.2) is 54.8 Å². The molecule has 2 aromatic heterocycles. The lowest BCUT2D eigenvalue weighted by Crippen LogP contribution is -2.33. The van der Waals surface area contributed by atoms with E-state index >= 15 is 0 Å². The summed E-state index contributed by atoms with van der Waals surface area (Å²) in [7, 11) is 0. The average Bonchev–Trinajstić information content (AvgIpc) is 2.93. The lowest BCUT2D eigenvalue weighted by atomic mass is 10.1. The molecule has 3 rings (SSSR count). The molecule has 0 spiro atoms. The Morgan fingerprint density at radius 1 is 1.45 bits per heavy atom. The molecule has 4 N–H and O–H groups in total. The standard InChI is InChI=1S/C12H15N3O5/c1-5-13-10-6(11(19)14-5)2-3-15(10)12-9(18)8(17)7(4-16)20-12/h2-3,7-9,12,16-18H,4H2,1H3,(H,13,14,19)/t7-,8?,9+,12-/m1/s1. The molecule has 1 saturated heterocycles. The molecule has 1 aliphatic rings. The summed E-state index contributed by atoms with van der Waals surface area (Å²) in [5.74, 6) is 0.439. The van der Waals surface area contributed by atoms with Gasteiger partial charge in [0.25, 0.3) is 5.56 Å². The molecule has 1 unspecified atom stereocenters. The first-order valence-electron chi connectivity index (χ1n) is 6.23. The second kappa shape index (κ2) is 4.67. The van der Waals surface area contributed by atoms with Gasteiger partial charge in [0, 0.05) is 6.20 Å². The van der Waals surface area contributed by atoms with Crippen LogP contribution >= 0.6 is 0 Å². The number of aliphatic hydroxyl groups is 3. The fourth-order valence-electron chi connectivity index (χ4n) is 2.47. The summed E-state index contributed by atoms with van der Waals surface area (Å²) < 4.78 is 6.92. The van der Waals surface area contributed by atoms with Crippen LogP contribution in [0.5, 0.6) is 0 Å². The average molecular weight is 281 g/mol. The number of aliphatic hydroxyl groups excluding tert-OH is 3. The third kappa shape index (κ3) is 1.85. The van der Waals surface area contributed by atoms with E-state index in [1.165, 1.54) is 4.57 Å². The Bertz CT molecular complexity index is 694. The summed E-state index contributed by atoms with van der Waals surface area (Å²) in [5, 5.41) is 29.2. The molecule has 20 heavy (non-hydrogen) atoms. The van der Waals surface area contributed by atoms with Crippen LogP contribution in [0.15, 0.2) is 17.1 Å². The van der Waals surface area contributed by atoms with Gasteiger partial charge in [0.2, 0.25) is 0 Å². The van der Waals surface area contributed by atoms with Gasteiger partial charge in [-0.3, -0.25) is 4.79 Å². The van der Waals surface area contributed by atoms with Crippen LogP contribution in [0.1, 0.15) is 12.1 Å². The van der Waals surface area contributed by atoms with Gasteiger partial charge in [0.05, 0.1) is 12.0 Å². The number of fused-ring (bicyclic) bond motifs is 1. The fraction of sp³-hybridized carbons (Fsp3) is 0.500. The number of aromatic nitrogens is 3. The van der Waals surface area contributed by atoms with Crippen molar-refractivity contribution in [1.29, 1.82) is 0 Å². The summed E-state index contributed by atoms with van der Waals surface area (Å²) in [6, 6.07) is 1.56. The van der Waals surface area contributed by atoms with Gasteiger partial charge in [-0.2, -0.15) is 0 Å². The number of rotatable bonds is 2. The monoisotopic (exact) mass is 281 g/mol. The topological polar surface area (TPSA) is 121 Å². The normalized spacial score (nSPS) is 30.2. The van der Waals surface area contributed by atoms with Crippen molar-refractivity contribution in [3.8, 4) is 0 Å². The molecule has 8 nitrogen and oxygen atoms in total. The van der Waals surface area contributed by atoms with Crippen molar-refractivity contribution < 1.29 is 20.1 Å². The Hall–Kier alpha value is -1.74. The third-order valence-corrected chi connectivity index (χ3v) is 3.49. The van der Waals surface area contributed by atoms with Gasteiger partial charge in [-0.15, -0.1) is 0 Å². The molecule has 8 heteroatoms. The van der Waals surface area contributed by atoms with E-state index in [-0.39, 0.29) is 5.56 Å². The van der Waals surface area contributed by atoms with Crippen molar-refractivity contribution in [2.45, 2.75) is 31.5 Å². The largest absolute Gasteiger partial charge is 0.394 e. The van der Waals surface area contributed by atoms with E-state index in [1.807, 2.05) is 0 Å². The first kappa shape index (κ1) is 13.3. The zero-order valence-corrected chi connectivity index (χ0v) is 10.7. The Morgan fingerprint density at radius 2 is 2.20 bits per heavy atom. The zero-order valence-electron chi connectivity index (χ0n) is 10.7. The molecule has 108 valence electrons. The van der Waals surface area contributed by atoms with E-state index in [0.717, 1.165) is 0 Å². The molecule has 1 fully saturated rings. The molecule has 0 saturated carbocycles. The number of aromatic amines is 1. The molecule has 4 atom stereocenters. The minimum Gasteiger partial charge on any atom is -0.394 e. The molecule has 1 aliphatic heterocycles. The van der Waals surface area contributed by atoms with E-state index in [0.29, 0.717) is 16.9 Å². The fourth-order valence-corrected chi connectivity index (χ4v) is 2.47. The minimum absolute atomic E-state index is 0.280. The highest BCUT2D eigenvalue weighted by molar-refractivity contribution is 5.75. The zero-order chi connectivity index (χ0) is 14.4.